The van der Waals surface area contributed by atoms with Crippen LogP contribution >= 0.6 is 26.6 Å². The lowest BCUT2D eigenvalue weighted by Crippen LogP contribution is -2.38. The second kappa shape index (κ2) is 5.25. The minimum absolute atomic E-state index is 0.00810. The van der Waals surface area contributed by atoms with Gasteiger partial charge in [-0.05, 0) is 49.8 Å². The van der Waals surface area contributed by atoms with Crippen molar-refractivity contribution in [3.63, 3.8) is 0 Å². The van der Waals surface area contributed by atoms with E-state index in [0.717, 1.165) is 19.4 Å². The molecule has 1 heterocycles. The summed E-state index contributed by atoms with van der Waals surface area (Å²) in [6, 6.07) is 3.41. The first kappa shape index (κ1) is 15.3. The summed E-state index contributed by atoms with van der Waals surface area (Å²) >= 11 is 3.26. The van der Waals surface area contributed by atoms with Crippen LogP contribution in [0.3, 0.4) is 0 Å². The molecule has 1 saturated heterocycles. The molecular formula is C14H15BrClNO3S. The molecule has 2 bridgehead atoms. The predicted octanol–water partition coefficient (Wildman–Crippen LogP) is 3.31. The number of likely N-dealkylation sites (tertiary alicyclic amines) is 1. The third-order valence-electron chi connectivity index (χ3n) is 4.49. The Morgan fingerprint density at radius 1 is 1.38 bits per heavy atom. The Hall–Kier alpha value is -0.590. The van der Waals surface area contributed by atoms with Crippen molar-refractivity contribution in [2.24, 2.45) is 5.92 Å². The highest BCUT2D eigenvalue weighted by Crippen LogP contribution is 2.39. The molecule has 1 aromatic carbocycles. The maximum atomic E-state index is 12.8. The second-order valence-electron chi connectivity index (χ2n) is 5.80. The van der Waals surface area contributed by atoms with Crippen LogP contribution in [0.2, 0.25) is 0 Å². The number of amides is 1. The Bertz CT molecular complexity index is 719. The third kappa shape index (κ3) is 2.73. The van der Waals surface area contributed by atoms with Crippen LogP contribution in [-0.4, -0.2) is 31.8 Å². The Labute approximate surface area is 137 Å². The maximum absolute atomic E-state index is 12.8. The van der Waals surface area contributed by atoms with Crippen molar-refractivity contribution in [3.05, 3.63) is 27.7 Å². The summed E-state index contributed by atoms with van der Waals surface area (Å²) in [6.07, 6.45) is 3.30. The lowest BCUT2D eigenvalue weighted by atomic mass is 10.1. The fraction of sp³-hybridized carbons (Fsp3) is 0.500. The first-order valence-electron chi connectivity index (χ1n) is 6.83. The highest BCUT2D eigenvalue weighted by molar-refractivity contribution is 9.10. The van der Waals surface area contributed by atoms with E-state index in [1.807, 2.05) is 4.90 Å². The summed E-state index contributed by atoms with van der Waals surface area (Å²) in [5.41, 5.74) is 0.831. The monoisotopic (exact) mass is 391 g/mol. The normalized spacial score (nSPS) is 24.6. The first-order valence-corrected chi connectivity index (χ1v) is 9.93. The summed E-state index contributed by atoms with van der Waals surface area (Å²) in [7, 11) is 1.59. The number of fused-ring (bicyclic) bond motifs is 2. The van der Waals surface area contributed by atoms with Crippen molar-refractivity contribution in [3.8, 4) is 0 Å². The van der Waals surface area contributed by atoms with Gasteiger partial charge in [0.15, 0.2) is 0 Å². The van der Waals surface area contributed by atoms with Crippen molar-refractivity contribution in [1.82, 2.24) is 4.90 Å². The number of halogens is 2. The van der Waals surface area contributed by atoms with Crippen LogP contribution in [0, 0.1) is 12.8 Å². The van der Waals surface area contributed by atoms with Gasteiger partial charge in [-0.2, -0.15) is 0 Å². The Morgan fingerprint density at radius 3 is 2.62 bits per heavy atom. The predicted molar refractivity (Wildman–Crippen MR) is 84.1 cm³/mol. The topological polar surface area (TPSA) is 54.5 Å². The fourth-order valence-electron chi connectivity index (χ4n) is 3.46. The zero-order valence-electron chi connectivity index (χ0n) is 11.5. The molecular weight excluding hydrogens is 378 g/mol. The van der Waals surface area contributed by atoms with E-state index in [0.29, 0.717) is 27.6 Å². The summed E-state index contributed by atoms with van der Waals surface area (Å²) in [4.78, 5) is 14.6. The van der Waals surface area contributed by atoms with Gasteiger partial charge in [-0.3, -0.25) is 4.79 Å². The lowest BCUT2D eigenvalue weighted by Gasteiger charge is -2.28. The molecule has 21 heavy (non-hydrogen) atoms. The van der Waals surface area contributed by atoms with Crippen molar-refractivity contribution in [1.29, 1.82) is 0 Å². The molecule has 0 N–H and O–H groups in total. The van der Waals surface area contributed by atoms with Crippen LogP contribution in [0.25, 0.3) is 0 Å². The molecule has 2 aliphatic rings. The van der Waals surface area contributed by atoms with Gasteiger partial charge in [-0.25, -0.2) is 8.42 Å². The van der Waals surface area contributed by atoms with Gasteiger partial charge < -0.3 is 4.90 Å². The minimum Gasteiger partial charge on any atom is -0.335 e. The average Bonchev–Trinajstić information content (AvgIpc) is 3.01. The first-order chi connectivity index (χ1) is 9.77. The number of piperidine rings is 1. The number of rotatable bonds is 2. The van der Waals surface area contributed by atoms with Crippen LogP contribution in [0.4, 0.5) is 0 Å². The molecule has 2 atom stereocenters. The van der Waals surface area contributed by atoms with Gasteiger partial charge in [-0.1, -0.05) is 15.9 Å². The molecule has 1 aliphatic heterocycles. The lowest BCUT2D eigenvalue weighted by molar-refractivity contribution is 0.0702. The van der Waals surface area contributed by atoms with E-state index in [-0.39, 0.29) is 10.8 Å². The summed E-state index contributed by atoms with van der Waals surface area (Å²) in [5.74, 6) is 0.505. The molecule has 7 heteroatoms. The van der Waals surface area contributed by atoms with Crippen molar-refractivity contribution in [2.75, 3.05) is 6.54 Å². The van der Waals surface area contributed by atoms with Crippen LogP contribution in [0.15, 0.2) is 21.5 Å². The number of hydrogen-bond acceptors (Lipinski definition) is 3. The van der Waals surface area contributed by atoms with E-state index in [2.05, 4.69) is 15.9 Å². The zero-order valence-corrected chi connectivity index (χ0v) is 14.6. The maximum Gasteiger partial charge on any atom is 0.261 e. The van der Waals surface area contributed by atoms with Crippen molar-refractivity contribution >= 4 is 41.6 Å². The van der Waals surface area contributed by atoms with Gasteiger partial charge in [0.05, 0.1) is 4.90 Å². The molecule has 3 rings (SSSR count). The van der Waals surface area contributed by atoms with Crippen molar-refractivity contribution in [2.45, 2.75) is 37.1 Å². The van der Waals surface area contributed by atoms with E-state index < -0.39 is 9.05 Å². The molecule has 0 aromatic heterocycles. The summed E-state index contributed by atoms with van der Waals surface area (Å²) < 4.78 is 23.8. The van der Waals surface area contributed by atoms with E-state index in [9.17, 15) is 13.2 Å². The van der Waals surface area contributed by atoms with Crippen LogP contribution in [0.5, 0.6) is 0 Å². The Balaban J connectivity index is 2.03. The minimum atomic E-state index is -3.87. The van der Waals surface area contributed by atoms with Gasteiger partial charge in [0.25, 0.3) is 15.0 Å². The van der Waals surface area contributed by atoms with Gasteiger partial charge >= 0.3 is 0 Å². The highest BCUT2D eigenvalue weighted by Gasteiger charge is 2.41. The SMILES string of the molecule is Cc1c(C(=O)N2CC3CCC2C3)cc(Br)cc1S(=O)(=O)Cl. The molecule has 2 fully saturated rings. The molecule has 1 aliphatic carbocycles. The molecule has 0 radical (unpaired) electrons. The van der Waals surface area contributed by atoms with Gasteiger partial charge in [0.2, 0.25) is 0 Å². The number of nitrogens with zero attached hydrogens (tertiary/aromatic N) is 1. The molecule has 0 spiro atoms. The van der Waals surface area contributed by atoms with E-state index in [1.54, 1.807) is 13.0 Å². The van der Waals surface area contributed by atoms with Gasteiger partial charge in [0.1, 0.15) is 0 Å². The number of benzene rings is 1. The fourth-order valence-corrected chi connectivity index (χ4v) is 5.29. The van der Waals surface area contributed by atoms with E-state index >= 15 is 0 Å². The number of hydrogen-bond donors (Lipinski definition) is 0. The summed E-state index contributed by atoms with van der Waals surface area (Å²) in [5, 5.41) is 0. The van der Waals surface area contributed by atoms with Crippen LogP contribution in [-0.2, 0) is 9.05 Å². The van der Waals surface area contributed by atoms with Crippen molar-refractivity contribution < 1.29 is 13.2 Å². The Morgan fingerprint density at radius 2 is 2.10 bits per heavy atom. The molecule has 1 aromatic rings. The number of carbonyl (C=O) groups excluding carboxylic acids is 1. The summed E-state index contributed by atoms with van der Waals surface area (Å²) in [6.45, 7) is 2.40. The second-order valence-corrected chi connectivity index (χ2v) is 9.25. The highest BCUT2D eigenvalue weighted by atomic mass is 79.9. The average molecular weight is 393 g/mol. The van der Waals surface area contributed by atoms with Gasteiger partial charge in [0, 0.05) is 33.3 Å². The standard InChI is InChI=1S/C14H15BrClNO3S/c1-8-12(5-10(15)6-13(8)21(16,19)20)14(18)17-7-9-2-3-11(17)4-9/h5-6,9,11H,2-4,7H2,1H3. The molecule has 4 nitrogen and oxygen atoms in total. The van der Waals surface area contributed by atoms with Crippen LogP contribution in [0.1, 0.15) is 35.2 Å². The van der Waals surface area contributed by atoms with E-state index in [1.165, 1.54) is 12.5 Å². The smallest absolute Gasteiger partial charge is 0.261 e. The molecule has 2 unspecified atom stereocenters. The quantitative estimate of drug-likeness (QED) is 0.726. The van der Waals surface area contributed by atoms with Gasteiger partial charge in [-0.15, -0.1) is 0 Å². The molecule has 114 valence electrons. The largest absolute Gasteiger partial charge is 0.335 e. The Kier molecular flexibility index (Phi) is 3.83. The molecule has 1 saturated carbocycles. The van der Waals surface area contributed by atoms with Crippen LogP contribution < -0.4 is 0 Å². The number of carbonyl (C=O) groups is 1. The zero-order chi connectivity index (χ0) is 15.4. The molecule has 1 amide bonds. The third-order valence-corrected chi connectivity index (χ3v) is 6.39. The van der Waals surface area contributed by atoms with E-state index in [4.69, 9.17) is 10.7 Å².